The molecular formula is C19H25NO5. The summed E-state index contributed by atoms with van der Waals surface area (Å²) >= 11 is 0. The molecule has 25 heavy (non-hydrogen) atoms. The van der Waals surface area contributed by atoms with Crippen molar-refractivity contribution in [3.05, 3.63) is 29.3 Å². The van der Waals surface area contributed by atoms with Crippen LogP contribution in [0.3, 0.4) is 0 Å². The first-order chi connectivity index (χ1) is 11.7. The summed E-state index contributed by atoms with van der Waals surface area (Å²) in [6.45, 7) is 6.81. The van der Waals surface area contributed by atoms with E-state index in [0.717, 1.165) is 37.0 Å². The summed E-state index contributed by atoms with van der Waals surface area (Å²) in [5.74, 6) is -0.157. The topological polar surface area (TPSA) is 76.1 Å². The number of carboxylic acids is 1. The van der Waals surface area contributed by atoms with Gasteiger partial charge in [0, 0.05) is 25.9 Å². The number of carboxylic acid groups (broad SMARTS) is 1. The van der Waals surface area contributed by atoms with E-state index < -0.39 is 11.6 Å². The third-order valence-electron chi connectivity index (χ3n) is 4.81. The van der Waals surface area contributed by atoms with Gasteiger partial charge < -0.3 is 19.5 Å². The van der Waals surface area contributed by atoms with Gasteiger partial charge in [0.15, 0.2) is 0 Å². The van der Waals surface area contributed by atoms with Crippen LogP contribution in [0.15, 0.2) is 18.2 Å². The lowest BCUT2D eigenvalue weighted by molar-refractivity contribution is -0.0272. The molecule has 1 amide bonds. The van der Waals surface area contributed by atoms with Crippen LogP contribution < -0.4 is 4.74 Å². The van der Waals surface area contributed by atoms with Crippen molar-refractivity contribution in [2.75, 3.05) is 13.1 Å². The minimum Gasteiger partial charge on any atom is -0.487 e. The monoisotopic (exact) mass is 347 g/mol. The van der Waals surface area contributed by atoms with Crippen molar-refractivity contribution in [1.29, 1.82) is 0 Å². The number of piperidine rings is 1. The molecule has 1 aromatic rings. The Morgan fingerprint density at radius 3 is 2.48 bits per heavy atom. The lowest BCUT2D eigenvalue weighted by atomic mass is 9.83. The molecule has 2 aliphatic rings. The molecule has 0 bridgehead atoms. The average Bonchev–Trinajstić information content (AvgIpc) is 2.53. The van der Waals surface area contributed by atoms with Gasteiger partial charge in [0.25, 0.3) is 0 Å². The van der Waals surface area contributed by atoms with Crippen molar-refractivity contribution in [1.82, 2.24) is 4.90 Å². The standard InChI is InChI=1S/C19H25NO5/c1-18(2,3)25-17(23)20-10-8-19(9-11-20)7-6-13-12-14(16(21)22)4-5-15(13)24-19/h4-5,12H,6-11H2,1-3H3,(H,21,22). The number of benzene rings is 1. The Balaban J connectivity index is 1.65. The lowest BCUT2D eigenvalue weighted by Crippen LogP contribution is -2.52. The van der Waals surface area contributed by atoms with E-state index in [9.17, 15) is 9.59 Å². The van der Waals surface area contributed by atoms with Crippen LogP contribution in [0, 0.1) is 0 Å². The van der Waals surface area contributed by atoms with Crippen molar-refractivity contribution < 1.29 is 24.2 Å². The molecule has 3 rings (SSSR count). The molecule has 6 heteroatoms. The Kier molecular flexibility index (Phi) is 4.39. The minimum atomic E-state index is -0.922. The molecule has 1 N–H and O–H groups in total. The molecule has 1 fully saturated rings. The van der Waals surface area contributed by atoms with E-state index in [1.54, 1.807) is 23.1 Å². The molecule has 0 radical (unpaired) electrons. The number of fused-ring (bicyclic) bond motifs is 1. The van der Waals surface area contributed by atoms with Gasteiger partial charge in [-0.25, -0.2) is 9.59 Å². The van der Waals surface area contributed by atoms with Crippen LogP contribution >= 0.6 is 0 Å². The number of aromatic carboxylic acids is 1. The number of hydrogen-bond acceptors (Lipinski definition) is 4. The van der Waals surface area contributed by atoms with Gasteiger partial charge in [0.1, 0.15) is 17.0 Å². The second kappa shape index (κ2) is 6.24. The highest BCUT2D eigenvalue weighted by Gasteiger charge is 2.41. The van der Waals surface area contributed by atoms with E-state index in [0.29, 0.717) is 13.1 Å². The Bertz CT molecular complexity index is 684. The highest BCUT2D eigenvalue weighted by Crippen LogP contribution is 2.39. The van der Waals surface area contributed by atoms with Crippen LogP contribution in [0.4, 0.5) is 4.79 Å². The van der Waals surface area contributed by atoms with Crippen molar-refractivity contribution in [3.8, 4) is 5.75 Å². The highest BCUT2D eigenvalue weighted by atomic mass is 16.6. The van der Waals surface area contributed by atoms with E-state index in [1.165, 1.54) is 0 Å². The molecule has 1 saturated heterocycles. The first-order valence-corrected chi connectivity index (χ1v) is 8.71. The molecule has 0 atom stereocenters. The Morgan fingerprint density at radius 2 is 1.88 bits per heavy atom. The zero-order valence-electron chi connectivity index (χ0n) is 15.0. The number of ether oxygens (including phenoxy) is 2. The molecule has 0 aromatic heterocycles. The molecule has 136 valence electrons. The van der Waals surface area contributed by atoms with Gasteiger partial charge in [-0.2, -0.15) is 0 Å². The molecule has 0 aliphatic carbocycles. The molecule has 1 aromatic carbocycles. The maximum atomic E-state index is 12.2. The second-order valence-corrected chi connectivity index (χ2v) is 7.88. The fourth-order valence-corrected chi connectivity index (χ4v) is 3.43. The minimum absolute atomic E-state index is 0.268. The van der Waals surface area contributed by atoms with Crippen molar-refractivity contribution in [2.24, 2.45) is 0 Å². The van der Waals surface area contributed by atoms with Gasteiger partial charge in [-0.1, -0.05) is 0 Å². The zero-order chi connectivity index (χ0) is 18.2. The van der Waals surface area contributed by atoms with Gasteiger partial charge in [0.2, 0.25) is 0 Å². The summed E-state index contributed by atoms with van der Waals surface area (Å²) < 4.78 is 11.7. The maximum Gasteiger partial charge on any atom is 0.410 e. The zero-order valence-corrected chi connectivity index (χ0v) is 15.0. The summed E-state index contributed by atoms with van der Waals surface area (Å²) in [5.41, 5.74) is 0.475. The van der Waals surface area contributed by atoms with E-state index in [-0.39, 0.29) is 17.3 Å². The number of likely N-dealkylation sites (tertiary alicyclic amines) is 1. The third-order valence-corrected chi connectivity index (χ3v) is 4.81. The molecule has 2 heterocycles. The Hall–Kier alpha value is -2.24. The highest BCUT2D eigenvalue weighted by molar-refractivity contribution is 5.88. The normalized spacial score (nSPS) is 19.1. The van der Waals surface area contributed by atoms with Gasteiger partial charge >= 0.3 is 12.1 Å². The predicted octanol–water partition coefficient (Wildman–Crippen LogP) is 3.48. The smallest absolute Gasteiger partial charge is 0.410 e. The van der Waals surface area contributed by atoms with E-state index in [4.69, 9.17) is 14.6 Å². The molecule has 6 nitrogen and oxygen atoms in total. The number of hydrogen-bond donors (Lipinski definition) is 1. The van der Waals surface area contributed by atoms with Crippen LogP contribution in [0.5, 0.6) is 5.75 Å². The largest absolute Gasteiger partial charge is 0.487 e. The third kappa shape index (κ3) is 3.89. The Labute approximate surface area is 147 Å². The number of carbonyl (C=O) groups is 2. The maximum absolute atomic E-state index is 12.2. The van der Waals surface area contributed by atoms with Gasteiger partial charge in [-0.05, 0) is 57.4 Å². The van der Waals surface area contributed by atoms with Crippen LogP contribution in [-0.4, -0.2) is 46.4 Å². The number of rotatable bonds is 1. The average molecular weight is 347 g/mol. The summed E-state index contributed by atoms with van der Waals surface area (Å²) in [6, 6.07) is 5.02. The fraction of sp³-hybridized carbons (Fsp3) is 0.579. The number of carbonyl (C=O) groups excluding carboxylic acids is 1. The van der Waals surface area contributed by atoms with Gasteiger partial charge in [-0.3, -0.25) is 0 Å². The number of nitrogens with zero attached hydrogens (tertiary/aromatic N) is 1. The molecule has 0 unspecified atom stereocenters. The van der Waals surface area contributed by atoms with Gasteiger partial charge in [-0.15, -0.1) is 0 Å². The van der Waals surface area contributed by atoms with Crippen LogP contribution in [0.2, 0.25) is 0 Å². The number of amides is 1. The summed E-state index contributed by atoms with van der Waals surface area (Å²) in [4.78, 5) is 25.0. The van der Waals surface area contributed by atoms with Crippen LogP contribution in [0.25, 0.3) is 0 Å². The first-order valence-electron chi connectivity index (χ1n) is 8.71. The molecule has 0 saturated carbocycles. The van der Waals surface area contributed by atoms with Crippen LogP contribution in [0.1, 0.15) is 56.0 Å². The summed E-state index contributed by atoms with van der Waals surface area (Å²) in [5, 5.41) is 9.10. The fourth-order valence-electron chi connectivity index (χ4n) is 3.43. The van der Waals surface area contributed by atoms with Crippen molar-refractivity contribution in [2.45, 2.75) is 57.7 Å². The van der Waals surface area contributed by atoms with Crippen molar-refractivity contribution >= 4 is 12.1 Å². The molecular weight excluding hydrogens is 322 g/mol. The van der Waals surface area contributed by atoms with Crippen LogP contribution in [-0.2, 0) is 11.2 Å². The lowest BCUT2D eigenvalue weighted by Gasteiger charge is -2.44. The van der Waals surface area contributed by atoms with E-state index in [2.05, 4.69) is 0 Å². The quantitative estimate of drug-likeness (QED) is 0.842. The molecule has 2 aliphatic heterocycles. The van der Waals surface area contributed by atoms with E-state index >= 15 is 0 Å². The predicted molar refractivity (Wildman–Crippen MR) is 92.1 cm³/mol. The summed E-state index contributed by atoms with van der Waals surface area (Å²) in [7, 11) is 0. The van der Waals surface area contributed by atoms with E-state index in [1.807, 2.05) is 20.8 Å². The number of aryl methyl sites for hydroxylation is 1. The first kappa shape index (κ1) is 17.6. The van der Waals surface area contributed by atoms with Gasteiger partial charge in [0.05, 0.1) is 5.56 Å². The Morgan fingerprint density at radius 1 is 1.20 bits per heavy atom. The van der Waals surface area contributed by atoms with Crippen molar-refractivity contribution in [3.63, 3.8) is 0 Å². The molecule has 1 spiro atoms. The summed E-state index contributed by atoms with van der Waals surface area (Å²) in [6.07, 6.45) is 2.87. The second-order valence-electron chi connectivity index (χ2n) is 7.88. The SMILES string of the molecule is CC(C)(C)OC(=O)N1CCC2(CCc3cc(C(=O)O)ccc3O2)CC1.